The third-order valence-electron chi connectivity index (χ3n) is 2.91. The van der Waals surface area contributed by atoms with E-state index in [4.69, 9.17) is 21.1 Å². The van der Waals surface area contributed by atoms with Crippen LogP contribution in [0.15, 0.2) is 23.6 Å². The number of hydrogen-bond donors (Lipinski definition) is 1. The zero-order chi connectivity index (χ0) is 19.1. The average Bonchev–Trinajstić information content (AvgIpc) is 2.99. The van der Waals surface area contributed by atoms with Crippen LogP contribution in [0.1, 0.15) is 23.0 Å². The molecule has 1 amide bonds. The summed E-state index contributed by atoms with van der Waals surface area (Å²) < 4.78 is 22.6. The van der Waals surface area contributed by atoms with Crippen LogP contribution in [0.5, 0.6) is 0 Å². The van der Waals surface area contributed by atoms with Gasteiger partial charge in [0.1, 0.15) is 5.82 Å². The van der Waals surface area contributed by atoms with Gasteiger partial charge < -0.3 is 9.47 Å². The minimum Gasteiger partial charge on any atom is -0.466 e. The molecular formula is C16H14ClFN2O5S. The molecule has 2 rings (SSSR count). The predicted molar refractivity (Wildman–Crippen MR) is 92.8 cm³/mol. The lowest BCUT2D eigenvalue weighted by Crippen LogP contribution is -2.21. The normalized spacial score (nSPS) is 10.3. The Morgan fingerprint density at radius 3 is 2.77 bits per heavy atom. The van der Waals surface area contributed by atoms with Crippen LogP contribution in [-0.2, 0) is 25.5 Å². The van der Waals surface area contributed by atoms with E-state index in [0.717, 1.165) is 23.5 Å². The number of amides is 1. The molecule has 7 nitrogen and oxygen atoms in total. The SMILES string of the molecule is CCOC(=O)Cc1csc(NC(=O)COC(=O)c2ccc(F)cc2Cl)n1. The smallest absolute Gasteiger partial charge is 0.340 e. The van der Waals surface area contributed by atoms with Gasteiger partial charge in [0.2, 0.25) is 0 Å². The molecule has 0 fully saturated rings. The molecular weight excluding hydrogens is 387 g/mol. The van der Waals surface area contributed by atoms with Gasteiger partial charge in [-0.1, -0.05) is 11.6 Å². The van der Waals surface area contributed by atoms with E-state index in [2.05, 4.69) is 10.3 Å². The molecule has 26 heavy (non-hydrogen) atoms. The summed E-state index contributed by atoms with van der Waals surface area (Å²) in [5.74, 6) is -2.48. The van der Waals surface area contributed by atoms with Crippen LogP contribution in [0, 0.1) is 5.82 Å². The van der Waals surface area contributed by atoms with Gasteiger partial charge in [0.25, 0.3) is 5.91 Å². The minimum atomic E-state index is -0.854. The lowest BCUT2D eigenvalue weighted by molar-refractivity contribution is -0.142. The monoisotopic (exact) mass is 400 g/mol. The highest BCUT2D eigenvalue weighted by Gasteiger charge is 2.15. The van der Waals surface area contributed by atoms with Crippen LogP contribution >= 0.6 is 22.9 Å². The number of esters is 2. The molecule has 1 N–H and O–H groups in total. The maximum Gasteiger partial charge on any atom is 0.340 e. The second-order valence-corrected chi connectivity index (χ2v) is 6.14. The van der Waals surface area contributed by atoms with Crippen molar-refractivity contribution in [3.8, 4) is 0 Å². The summed E-state index contributed by atoms with van der Waals surface area (Å²) in [4.78, 5) is 39.1. The van der Waals surface area contributed by atoms with Crippen LogP contribution in [0.25, 0.3) is 0 Å². The number of rotatable bonds is 7. The van der Waals surface area contributed by atoms with Gasteiger partial charge >= 0.3 is 11.9 Å². The van der Waals surface area contributed by atoms with Crippen LogP contribution in [-0.4, -0.2) is 36.0 Å². The lowest BCUT2D eigenvalue weighted by Gasteiger charge is -2.06. The number of thiazole rings is 1. The summed E-state index contributed by atoms with van der Waals surface area (Å²) in [6.45, 7) is 1.40. The third-order valence-corrected chi connectivity index (χ3v) is 4.03. The van der Waals surface area contributed by atoms with Gasteiger partial charge in [-0.2, -0.15) is 0 Å². The molecule has 10 heteroatoms. The van der Waals surface area contributed by atoms with Gasteiger partial charge in [-0.15, -0.1) is 11.3 Å². The molecule has 138 valence electrons. The molecule has 0 atom stereocenters. The lowest BCUT2D eigenvalue weighted by atomic mass is 10.2. The van der Waals surface area contributed by atoms with Crippen molar-refractivity contribution >= 4 is 45.9 Å². The van der Waals surface area contributed by atoms with E-state index in [9.17, 15) is 18.8 Å². The number of nitrogens with one attached hydrogen (secondary N) is 1. The number of halogens is 2. The van der Waals surface area contributed by atoms with E-state index in [0.29, 0.717) is 5.69 Å². The predicted octanol–water partition coefficient (Wildman–Crippen LogP) is 2.84. The first kappa shape index (κ1) is 19.8. The van der Waals surface area contributed by atoms with Crippen molar-refractivity contribution in [2.24, 2.45) is 0 Å². The maximum absolute atomic E-state index is 13.0. The topological polar surface area (TPSA) is 94.6 Å². The van der Waals surface area contributed by atoms with Crippen molar-refractivity contribution in [3.63, 3.8) is 0 Å². The molecule has 1 aromatic heterocycles. The average molecular weight is 401 g/mol. The number of aromatic nitrogens is 1. The van der Waals surface area contributed by atoms with E-state index in [-0.39, 0.29) is 28.7 Å². The molecule has 0 unspecified atom stereocenters. The Morgan fingerprint density at radius 1 is 1.31 bits per heavy atom. The Bertz CT molecular complexity index is 827. The fourth-order valence-corrected chi connectivity index (χ4v) is 2.80. The second kappa shape index (κ2) is 9.25. The van der Waals surface area contributed by atoms with Gasteiger partial charge in [0.05, 0.1) is 29.3 Å². The van der Waals surface area contributed by atoms with E-state index in [1.807, 2.05) is 0 Å². The van der Waals surface area contributed by atoms with Gasteiger partial charge in [-0.05, 0) is 25.1 Å². The first-order valence-corrected chi connectivity index (χ1v) is 8.67. The first-order valence-electron chi connectivity index (χ1n) is 7.41. The third kappa shape index (κ3) is 5.78. The largest absolute Gasteiger partial charge is 0.466 e. The molecule has 1 aromatic carbocycles. The van der Waals surface area contributed by atoms with Crippen LogP contribution in [0.3, 0.4) is 0 Å². The Labute approximate surface area is 157 Å². The fourth-order valence-electron chi connectivity index (χ4n) is 1.82. The second-order valence-electron chi connectivity index (χ2n) is 4.87. The first-order chi connectivity index (χ1) is 12.4. The Balaban J connectivity index is 1.84. The number of carbonyl (C=O) groups excluding carboxylic acids is 3. The number of nitrogens with zero attached hydrogens (tertiary/aromatic N) is 1. The number of anilines is 1. The Morgan fingerprint density at radius 2 is 2.08 bits per heavy atom. The number of ether oxygens (including phenoxy) is 2. The van der Waals surface area contributed by atoms with Crippen molar-refractivity contribution < 1.29 is 28.2 Å². The molecule has 2 aromatic rings. The Hall–Kier alpha value is -2.52. The van der Waals surface area contributed by atoms with Crippen LogP contribution in [0.2, 0.25) is 5.02 Å². The molecule has 0 saturated heterocycles. The van der Waals surface area contributed by atoms with E-state index in [1.54, 1.807) is 12.3 Å². The highest BCUT2D eigenvalue weighted by Crippen LogP contribution is 2.19. The minimum absolute atomic E-state index is 0.00172. The quantitative estimate of drug-likeness (QED) is 0.718. The summed E-state index contributed by atoms with van der Waals surface area (Å²) in [6, 6.07) is 3.20. The van der Waals surface area contributed by atoms with E-state index < -0.39 is 30.3 Å². The molecule has 0 aliphatic rings. The highest BCUT2D eigenvalue weighted by atomic mass is 35.5. The maximum atomic E-state index is 13.0. The molecule has 0 aliphatic carbocycles. The van der Waals surface area contributed by atoms with Gasteiger partial charge in [0.15, 0.2) is 11.7 Å². The van der Waals surface area contributed by atoms with E-state index >= 15 is 0 Å². The summed E-state index contributed by atoms with van der Waals surface area (Å²) in [5.41, 5.74) is 0.408. The highest BCUT2D eigenvalue weighted by molar-refractivity contribution is 7.13. The zero-order valence-corrected chi connectivity index (χ0v) is 15.2. The van der Waals surface area contributed by atoms with Crippen molar-refractivity contribution in [1.82, 2.24) is 4.98 Å². The van der Waals surface area contributed by atoms with Crippen LogP contribution in [0.4, 0.5) is 9.52 Å². The number of carbonyl (C=O) groups is 3. The molecule has 0 spiro atoms. The molecule has 0 bridgehead atoms. The molecule has 0 saturated carbocycles. The Kier molecular flexibility index (Phi) is 7.05. The number of hydrogen-bond acceptors (Lipinski definition) is 7. The summed E-state index contributed by atoms with van der Waals surface area (Å²) in [5, 5.41) is 4.19. The fraction of sp³-hybridized carbons (Fsp3) is 0.250. The van der Waals surface area contributed by atoms with Gasteiger partial charge in [0, 0.05) is 5.38 Å². The standard InChI is InChI=1S/C16H14ClFN2O5S/c1-2-24-14(22)6-10-8-26-16(19-10)20-13(21)7-25-15(23)11-4-3-9(18)5-12(11)17/h3-5,8H,2,6-7H2,1H3,(H,19,20,21). The summed E-state index contributed by atoms with van der Waals surface area (Å²) in [7, 11) is 0. The number of benzene rings is 1. The van der Waals surface area contributed by atoms with E-state index in [1.165, 1.54) is 6.07 Å². The van der Waals surface area contributed by atoms with Gasteiger partial charge in [-0.25, -0.2) is 14.2 Å². The van der Waals surface area contributed by atoms with Crippen molar-refractivity contribution in [2.45, 2.75) is 13.3 Å². The zero-order valence-electron chi connectivity index (χ0n) is 13.6. The van der Waals surface area contributed by atoms with Crippen molar-refractivity contribution in [2.75, 3.05) is 18.5 Å². The summed E-state index contributed by atoms with van der Waals surface area (Å²) in [6.07, 6.45) is -0.00172. The van der Waals surface area contributed by atoms with Crippen molar-refractivity contribution in [1.29, 1.82) is 0 Å². The molecule has 1 heterocycles. The van der Waals surface area contributed by atoms with Crippen molar-refractivity contribution in [3.05, 3.63) is 45.7 Å². The van der Waals surface area contributed by atoms with Crippen LogP contribution < -0.4 is 5.32 Å². The molecule has 0 aliphatic heterocycles. The summed E-state index contributed by atoms with van der Waals surface area (Å²) >= 11 is 6.87. The van der Waals surface area contributed by atoms with Gasteiger partial charge in [-0.3, -0.25) is 14.9 Å². The molecule has 0 radical (unpaired) electrons.